The molecule has 0 bridgehead atoms. The molecule has 1 unspecified atom stereocenters. The molecule has 1 atom stereocenters. The maximum atomic E-state index is 3.59. The number of rotatable bonds is 8. The molecule has 0 aromatic heterocycles. The van der Waals surface area contributed by atoms with Gasteiger partial charge >= 0.3 is 0 Å². The lowest BCUT2D eigenvalue weighted by Crippen LogP contribution is -2.29. The Hall–Kier alpha value is -0.0400. The molecule has 0 fully saturated rings. The van der Waals surface area contributed by atoms with Crippen molar-refractivity contribution < 1.29 is 0 Å². The maximum Gasteiger partial charge on any atom is -0.00180 e. The molecule has 0 aromatic carbocycles. The van der Waals surface area contributed by atoms with Crippen LogP contribution in [0, 0.1) is 23.7 Å². The minimum Gasteiger partial charge on any atom is -0.316 e. The highest BCUT2D eigenvalue weighted by Gasteiger charge is 2.13. The van der Waals surface area contributed by atoms with Crippen LogP contribution in [0.3, 0.4) is 0 Å². The van der Waals surface area contributed by atoms with Crippen LogP contribution in [0.5, 0.6) is 0 Å². The number of hydrogen-bond acceptors (Lipinski definition) is 1. The third-order valence-electron chi connectivity index (χ3n) is 3.02. The molecule has 0 aliphatic rings. The zero-order chi connectivity index (χ0) is 11.8. The summed E-state index contributed by atoms with van der Waals surface area (Å²) in [6, 6.07) is 0. The molecule has 0 rings (SSSR count). The van der Waals surface area contributed by atoms with Gasteiger partial charge in [-0.1, -0.05) is 48.0 Å². The summed E-state index contributed by atoms with van der Waals surface area (Å²) >= 11 is 0. The topological polar surface area (TPSA) is 12.0 Å². The van der Waals surface area contributed by atoms with Crippen molar-refractivity contribution in [1.29, 1.82) is 0 Å². The van der Waals surface area contributed by atoms with Crippen LogP contribution in [-0.2, 0) is 0 Å². The molecule has 0 aliphatic heterocycles. The van der Waals surface area contributed by atoms with Crippen molar-refractivity contribution in [2.24, 2.45) is 23.7 Å². The van der Waals surface area contributed by atoms with Gasteiger partial charge in [-0.25, -0.2) is 0 Å². The van der Waals surface area contributed by atoms with E-state index in [1.165, 1.54) is 19.4 Å². The zero-order valence-corrected chi connectivity index (χ0v) is 11.6. The summed E-state index contributed by atoms with van der Waals surface area (Å²) in [5, 5.41) is 3.59. The van der Waals surface area contributed by atoms with E-state index in [0.29, 0.717) is 0 Å². The summed E-state index contributed by atoms with van der Waals surface area (Å²) in [6.07, 6.45) is 2.74. The first-order valence-electron chi connectivity index (χ1n) is 6.64. The molecule has 0 aliphatic carbocycles. The normalized spacial score (nSPS) is 14.2. The smallest absolute Gasteiger partial charge is 0.00180 e. The third-order valence-corrected chi connectivity index (χ3v) is 3.02. The van der Waals surface area contributed by atoms with E-state index in [4.69, 9.17) is 0 Å². The van der Waals surface area contributed by atoms with Gasteiger partial charge in [-0.3, -0.25) is 0 Å². The number of nitrogens with one attached hydrogen (secondary N) is 1. The van der Waals surface area contributed by atoms with E-state index in [-0.39, 0.29) is 0 Å². The van der Waals surface area contributed by atoms with Gasteiger partial charge in [-0.15, -0.1) is 0 Å². The first kappa shape index (κ1) is 15.0. The summed E-state index contributed by atoms with van der Waals surface area (Å²) in [5.74, 6) is 3.27. The van der Waals surface area contributed by atoms with Crippen molar-refractivity contribution in [3.8, 4) is 0 Å². The van der Waals surface area contributed by atoms with Crippen molar-refractivity contribution in [1.82, 2.24) is 5.32 Å². The van der Waals surface area contributed by atoms with Crippen LogP contribution in [-0.4, -0.2) is 13.1 Å². The van der Waals surface area contributed by atoms with E-state index in [2.05, 4.69) is 46.9 Å². The quantitative estimate of drug-likeness (QED) is 0.644. The Morgan fingerprint density at radius 1 is 0.733 bits per heavy atom. The molecule has 1 heteroatoms. The van der Waals surface area contributed by atoms with Crippen molar-refractivity contribution >= 4 is 0 Å². The largest absolute Gasteiger partial charge is 0.316 e. The summed E-state index contributed by atoms with van der Waals surface area (Å²) < 4.78 is 0. The summed E-state index contributed by atoms with van der Waals surface area (Å²) in [6.45, 7) is 16.2. The van der Waals surface area contributed by atoms with Crippen LogP contribution in [0.4, 0.5) is 0 Å². The predicted octanol–water partition coefficient (Wildman–Crippen LogP) is 3.94. The maximum absolute atomic E-state index is 3.59. The van der Waals surface area contributed by atoms with E-state index in [9.17, 15) is 0 Å². The average molecular weight is 213 g/mol. The van der Waals surface area contributed by atoms with Crippen LogP contribution in [0.15, 0.2) is 0 Å². The Labute approximate surface area is 97.0 Å². The average Bonchev–Trinajstić information content (AvgIpc) is 2.09. The van der Waals surface area contributed by atoms with Crippen LogP contribution in [0.1, 0.15) is 54.4 Å². The second kappa shape index (κ2) is 8.15. The highest BCUT2D eigenvalue weighted by molar-refractivity contribution is 4.67. The Morgan fingerprint density at radius 3 is 1.73 bits per heavy atom. The van der Waals surface area contributed by atoms with E-state index < -0.39 is 0 Å². The van der Waals surface area contributed by atoms with Crippen molar-refractivity contribution in [3.05, 3.63) is 0 Å². The van der Waals surface area contributed by atoms with Gasteiger partial charge < -0.3 is 5.32 Å². The SMILES string of the molecule is CC(C)CCC(CNCC(C)C)C(C)C. The lowest BCUT2D eigenvalue weighted by molar-refractivity contribution is 0.312. The standard InChI is InChI=1S/C14H31N/c1-11(2)7-8-14(13(5)6)10-15-9-12(3)4/h11-15H,7-10H2,1-6H3. The van der Waals surface area contributed by atoms with E-state index in [1.807, 2.05) is 0 Å². The van der Waals surface area contributed by atoms with Gasteiger partial charge in [-0.2, -0.15) is 0 Å². The fourth-order valence-corrected chi connectivity index (χ4v) is 1.78. The first-order valence-corrected chi connectivity index (χ1v) is 6.64. The lowest BCUT2D eigenvalue weighted by atomic mass is 9.88. The van der Waals surface area contributed by atoms with Gasteiger partial charge in [0.2, 0.25) is 0 Å². The molecule has 92 valence electrons. The summed E-state index contributed by atoms with van der Waals surface area (Å²) in [5.41, 5.74) is 0. The minimum absolute atomic E-state index is 0.767. The fraction of sp³-hybridized carbons (Fsp3) is 1.00. The molecule has 1 nitrogen and oxygen atoms in total. The Kier molecular flexibility index (Phi) is 8.13. The summed E-state index contributed by atoms with van der Waals surface area (Å²) in [4.78, 5) is 0. The van der Waals surface area contributed by atoms with Crippen LogP contribution < -0.4 is 5.32 Å². The molecule has 15 heavy (non-hydrogen) atoms. The molecule has 0 saturated carbocycles. The van der Waals surface area contributed by atoms with Crippen LogP contribution >= 0.6 is 0 Å². The van der Waals surface area contributed by atoms with Gasteiger partial charge in [0.05, 0.1) is 0 Å². The Morgan fingerprint density at radius 2 is 1.33 bits per heavy atom. The van der Waals surface area contributed by atoms with Crippen molar-refractivity contribution in [2.45, 2.75) is 54.4 Å². The Balaban J connectivity index is 3.73. The van der Waals surface area contributed by atoms with E-state index in [0.717, 1.165) is 30.2 Å². The monoisotopic (exact) mass is 213 g/mol. The minimum atomic E-state index is 0.767. The molecule has 0 heterocycles. The molecule has 0 amide bonds. The summed E-state index contributed by atoms with van der Waals surface area (Å²) in [7, 11) is 0. The molecule has 0 aromatic rings. The molecule has 0 spiro atoms. The molecule has 1 N–H and O–H groups in total. The predicted molar refractivity (Wildman–Crippen MR) is 70.1 cm³/mol. The second-order valence-corrected chi connectivity index (χ2v) is 6.03. The molecular formula is C14H31N. The molecule has 0 saturated heterocycles. The van der Waals surface area contributed by atoms with Crippen molar-refractivity contribution in [2.75, 3.05) is 13.1 Å². The van der Waals surface area contributed by atoms with Gasteiger partial charge in [-0.05, 0) is 43.2 Å². The van der Waals surface area contributed by atoms with Gasteiger partial charge in [0.15, 0.2) is 0 Å². The molecular weight excluding hydrogens is 182 g/mol. The fourth-order valence-electron chi connectivity index (χ4n) is 1.78. The highest BCUT2D eigenvalue weighted by atomic mass is 14.9. The first-order chi connectivity index (χ1) is 6.93. The lowest BCUT2D eigenvalue weighted by Gasteiger charge is -2.22. The van der Waals surface area contributed by atoms with Crippen molar-refractivity contribution in [3.63, 3.8) is 0 Å². The highest BCUT2D eigenvalue weighted by Crippen LogP contribution is 2.19. The molecule has 0 radical (unpaired) electrons. The van der Waals surface area contributed by atoms with Gasteiger partial charge in [0.25, 0.3) is 0 Å². The van der Waals surface area contributed by atoms with Crippen LogP contribution in [0.2, 0.25) is 0 Å². The second-order valence-electron chi connectivity index (χ2n) is 6.03. The van der Waals surface area contributed by atoms with Crippen LogP contribution in [0.25, 0.3) is 0 Å². The Bertz CT molecular complexity index is 138. The van der Waals surface area contributed by atoms with Gasteiger partial charge in [0.1, 0.15) is 0 Å². The number of hydrogen-bond donors (Lipinski definition) is 1. The zero-order valence-electron chi connectivity index (χ0n) is 11.6. The van der Waals surface area contributed by atoms with E-state index in [1.54, 1.807) is 0 Å². The van der Waals surface area contributed by atoms with E-state index >= 15 is 0 Å². The third kappa shape index (κ3) is 8.92. The van der Waals surface area contributed by atoms with Gasteiger partial charge in [0, 0.05) is 0 Å².